The predicted octanol–water partition coefficient (Wildman–Crippen LogP) is 2.49. The second-order valence-corrected chi connectivity index (χ2v) is 5.84. The lowest BCUT2D eigenvalue weighted by Crippen LogP contribution is -2.54. The molecule has 1 aliphatic rings. The first-order valence-corrected chi connectivity index (χ1v) is 7.06. The largest absolute Gasteiger partial charge is 0.372 e. The molecule has 0 aliphatic carbocycles. The van der Waals surface area contributed by atoms with Crippen LogP contribution in [0.3, 0.4) is 0 Å². The van der Waals surface area contributed by atoms with Crippen molar-refractivity contribution in [2.24, 2.45) is 0 Å². The van der Waals surface area contributed by atoms with Crippen LogP contribution in [0.25, 0.3) is 0 Å². The van der Waals surface area contributed by atoms with E-state index in [0.29, 0.717) is 6.04 Å². The number of nitrogens with zero attached hydrogens (tertiary/aromatic N) is 3. The van der Waals surface area contributed by atoms with Gasteiger partial charge in [-0.25, -0.2) is 4.98 Å². The van der Waals surface area contributed by atoms with Gasteiger partial charge in [-0.05, 0) is 20.3 Å². The summed E-state index contributed by atoms with van der Waals surface area (Å²) in [7, 11) is 0. The maximum absolute atomic E-state index is 5.87. The fourth-order valence-electron chi connectivity index (χ4n) is 2.06. The first-order chi connectivity index (χ1) is 8.05. The summed E-state index contributed by atoms with van der Waals surface area (Å²) in [6.07, 6.45) is 1.98. The highest BCUT2D eigenvalue weighted by Crippen LogP contribution is 2.29. The van der Waals surface area contributed by atoms with Crippen molar-refractivity contribution in [3.8, 4) is 0 Å². The first-order valence-electron chi connectivity index (χ1n) is 6.29. The molecule has 4 nitrogen and oxygen atoms in total. The van der Waals surface area contributed by atoms with Crippen LogP contribution in [0.1, 0.15) is 39.9 Å². The van der Waals surface area contributed by atoms with Crippen molar-refractivity contribution in [3.63, 3.8) is 0 Å². The molecule has 0 saturated carbocycles. The van der Waals surface area contributed by atoms with Gasteiger partial charge in [-0.2, -0.15) is 4.37 Å². The molecule has 0 aromatic carbocycles. The van der Waals surface area contributed by atoms with Gasteiger partial charge in [0.25, 0.3) is 0 Å². The Morgan fingerprint density at radius 3 is 2.82 bits per heavy atom. The Labute approximate surface area is 107 Å². The van der Waals surface area contributed by atoms with Crippen LogP contribution in [0.4, 0.5) is 5.13 Å². The molecule has 2 heterocycles. The zero-order valence-electron chi connectivity index (χ0n) is 11.1. The number of aromatic nitrogens is 2. The molecule has 1 aromatic rings. The van der Waals surface area contributed by atoms with E-state index < -0.39 is 0 Å². The summed E-state index contributed by atoms with van der Waals surface area (Å²) in [4.78, 5) is 6.96. The summed E-state index contributed by atoms with van der Waals surface area (Å²) in [5.41, 5.74) is -0.0935. The van der Waals surface area contributed by atoms with E-state index >= 15 is 0 Å². The lowest BCUT2D eigenvalue weighted by Gasteiger charge is -2.43. The third-order valence-corrected chi connectivity index (χ3v) is 3.94. The quantitative estimate of drug-likeness (QED) is 0.832. The van der Waals surface area contributed by atoms with Gasteiger partial charge in [-0.1, -0.05) is 13.8 Å². The number of morpholine rings is 1. The van der Waals surface area contributed by atoms with Crippen LogP contribution >= 0.6 is 11.5 Å². The number of aryl methyl sites for hydroxylation is 1. The van der Waals surface area contributed by atoms with Crippen LogP contribution in [0.15, 0.2) is 0 Å². The minimum absolute atomic E-state index is 0.0935. The van der Waals surface area contributed by atoms with Crippen LogP contribution in [-0.4, -0.2) is 34.2 Å². The Hall–Kier alpha value is -0.680. The number of anilines is 1. The van der Waals surface area contributed by atoms with Crippen molar-refractivity contribution in [2.75, 3.05) is 18.1 Å². The van der Waals surface area contributed by atoms with Gasteiger partial charge in [-0.15, -0.1) is 0 Å². The van der Waals surface area contributed by atoms with Crippen LogP contribution < -0.4 is 4.90 Å². The van der Waals surface area contributed by atoms with E-state index in [1.54, 1.807) is 0 Å². The maximum Gasteiger partial charge on any atom is 0.205 e. The van der Waals surface area contributed by atoms with Gasteiger partial charge in [-0.3, -0.25) is 0 Å². The van der Waals surface area contributed by atoms with E-state index in [1.807, 2.05) is 0 Å². The molecular formula is C12H21N3OS. The Morgan fingerprint density at radius 2 is 2.24 bits per heavy atom. The van der Waals surface area contributed by atoms with E-state index in [9.17, 15) is 0 Å². The summed E-state index contributed by atoms with van der Waals surface area (Å²) < 4.78 is 10.2. The van der Waals surface area contributed by atoms with E-state index in [1.165, 1.54) is 11.5 Å². The van der Waals surface area contributed by atoms with Crippen molar-refractivity contribution in [1.82, 2.24) is 9.36 Å². The second-order valence-electron chi connectivity index (χ2n) is 5.11. The molecule has 1 saturated heterocycles. The molecule has 0 N–H and O–H groups in total. The molecule has 96 valence electrons. The minimum Gasteiger partial charge on any atom is -0.372 e. The van der Waals surface area contributed by atoms with Gasteiger partial charge in [0, 0.05) is 24.5 Å². The molecule has 1 aromatic heterocycles. The molecular weight excluding hydrogens is 234 g/mol. The molecule has 0 spiro atoms. The normalized spacial score (nSPS) is 24.0. The molecule has 0 bridgehead atoms. The van der Waals surface area contributed by atoms with E-state index in [2.05, 4.69) is 42.0 Å². The summed E-state index contributed by atoms with van der Waals surface area (Å²) >= 11 is 1.51. The highest BCUT2D eigenvalue weighted by molar-refractivity contribution is 7.09. The zero-order chi connectivity index (χ0) is 12.5. The number of hydrogen-bond acceptors (Lipinski definition) is 5. The van der Waals surface area contributed by atoms with Gasteiger partial charge in [0.1, 0.15) is 5.82 Å². The van der Waals surface area contributed by atoms with Gasteiger partial charge >= 0.3 is 0 Å². The van der Waals surface area contributed by atoms with Crippen molar-refractivity contribution >= 4 is 16.7 Å². The summed E-state index contributed by atoms with van der Waals surface area (Å²) in [5.74, 6) is 0.948. The third-order valence-electron chi connectivity index (χ3n) is 3.15. The highest BCUT2D eigenvalue weighted by Gasteiger charge is 2.34. The van der Waals surface area contributed by atoms with Crippen molar-refractivity contribution in [3.05, 3.63) is 5.82 Å². The Kier molecular flexibility index (Phi) is 3.68. The maximum atomic E-state index is 5.87. The van der Waals surface area contributed by atoms with Crippen molar-refractivity contribution < 1.29 is 4.74 Å². The summed E-state index contributed by atoms with van der Waals surface area (Å²) in [5, 5.41) is 1.05. The smallest absolute Gasteiger partial charge is 0.205 e. The Bertz CT molecular complexity index is 378. The predicted molar refractivity (Wildman–Crippen MR) is 70.7 cm³/mol. The molecule has 2 rings (SSSR count). The molecule has 1 unspecified atom stereocenters. The van der Waals surface area contributed by atoms with Crippen LogP contribution in [-0.2, 0) is 11.2 Å². The van der Waals surface area contributed by atoms with Gasteiger partial charge in [0.05, 0.1) is 18.2 Å². The highest BCUT2D eigenvalue weighted by atomic mass is 32.1. The molecule has 1 fully saturated rings. The van der Waals surface area contributed by atoms with Crippen LogP contribution in [0.2, 0.25) is 0 Å². The number of hydrogen-bond donors (Lipinski definition) is 0. The average molecular weight is 255 g/mol. The molecule has 17 heavy (non-hydrogen) atoms. The van der Waals surface area contributed by atoms with Gasteiger partial charge in [0.2, 0.25) is 5.13 Å². The number of ether oxygens (including phenoxy) is 1. The lowest BCUT2D eigenvalue weighted by atomic mass is 10.0. The van der Waals surface area contributed by atoms with Crippen molar-refractivity contribution in [2.45, 2.75) is 52.2 Å². The molecule has 0 amide bonds. The fraction of sp³-hybridized carbons (Fsp3) is 0.833. The monoisotopic (exact) mass is 255 g/mol. The summed E-state index contributed by atoms with van der Waals surface area (Å²) in [6, 6.07) is 0.431. The first kappa shape index (κ1) is 12.8. The third kappa shape index (κ3) is 2.77. The van der Waals surface area contributed by atoms with Gasteiger partial charge in [0.15, 0.2) is 0 Å². The molecule has 1 aliphatic heterocycles. The van der Waals surface area contributed by atoms with Gasteiger partial charge < -0.3 is 9.64 Å². The second kappa shape index (κ2) is 4.90. The SMILES string of the molecule is CCc1nsc(N2CC(C)(C)OCC2CC)n1. The Morgan fingerprint density at radius 1 is 1.47 bits per heavy atom. The average Bonchev–Trinajstić information content (AvgIpc) is 2.76. The lowest BCUT2D eigenvalue weighted by molar-refractivity contribution is -0.0452. The van der Waals surface area contributed by atoms with Crippen molar-refractivity contribution in [1.29, 1.82) is 0 Å². The van der Waals surface area contributed by atoms with Crippen LogP contribution in [0, 0.1) is 0 Å². The molecule has 0 radical (unpaired) electrons. The Balaban J connectivity index is 2.20. The van der Waals surface area contributed by atoms with E-state index in [0.717, 1.165) is 36.9 Å². The van der Waals surface area contributed by atoms with Crippen LogP contribution in [0.5, 0.6) is 0 Å². The number of rotatable bonds is 3. The molecule has 1 atom stereocenters. The topological polar surface area (TPSA) is 38.2 Å². The summed E-state index contributed by atoms with van der Waals surface area (Å²) in [6.45, 7) is 10.2. The minimum atomic E-state index is -0.0935. The van der Waals surface area contributed by atoms with E-state index in [4.69, 9.17) is 4.74 Å². The van der Waals surface area contributed by atoms with E-state index in [-0.39, 0.29) is 5.60 Å². The zero-order valence-corrected chi connectivity index (χ0v) is 11.9. The standard InChI is InChI=1S/C12H21N3OS/c1-5-9-7-16-12(3,4)8-15(9)11-13-10(6-2)14-17-11/h9H,5-8H2,1-4H3. The molecule has 5 heteroatoms. The fourth-order valence-corrected chi connectivity index (χ4v) is 2.89.